The lowest BCUT2D eigenvalue weighted by atomic mass is 9.98. The van der Waals surface area contributed by atoms with Gasteiger partial charge in [0.15, 0.2) is 0 Å². The molecule has 0 saturated carbocycles. The van der Waals surface area contributed by atoms with Crippen molar-refractivity contribution in [2.75, 3.05) is 0 Å². The number of primary sulfonamides is 1. The Labute approximate surface area is 177 Å². The Morgan fingerprint density at radius 1 is 1.00 bits per heavy atom. The summed E-state index contributed by atoms with van der Waals surface area (Å²) in [6.45, 7) is 0. The van der Waals surface area contributed by atoms with Crippen LogP contribution >= 0.6 is 31.9 Å². The molecule has 2 N–H and O–H groups in total. The van der Waals surface area contributed by atoms with Crippen molar-refractivity contribution in [2.45, 2.75) is 11.1 Å². The molecular formula is C16H7Br2F5N2O3S. The third kappa shape index (κ3) is 4.22. The molecule has 0 saturated heterocycles. The maximum absolute atomic E-state index is 14.6. The fourth-order valence-corrected chi connectivity index (χ4v) is 3.74. The lowest BCUT2D eigenvalue weighted by molar-refractivity contribution is -0.154. The standard InChI is InChI=1S/C16H7Br2F5N2O3S/c17-8-2-1-6(3-9(8)18)14-13(15(28-25-14)16(21,22)23)7-4-11(20)12(5-10(7)19)29(24,26)27/h1-5H,(H2,24,26,27). The van der Waals surface area contributed by atoms with Crippen molar-refractivity contribution >= 4 is 41.9 Å². The van der Waals surface area contributed by atoms with Gasteiger partial charge < -0.3 is 4.52 Å². The van der Waals surface area contributed by atoms with Gasteiger partial charge in [0.2, 0.25) is 15.8 Å². The van der Waals surface area contributed by atoms with Gasteiger partial charge in [0.1, 0.15) is 22.2 Å². The summed E-state index contributed by atoms with van der Waals surface area (Å²) in [6.07, 6.45) is -5.09. The van der Waals surface area contributed by atoms with Crippen LogP contribution in [0.1, 0.15) is 5.76 Å². The second-order valence-electron chi connectivity index (χ2n) is 5.67. The van der Waals surface area contributed by atoms with Gasteiger partial charge in [-0.25, -0.2) is 22.3 Å². The molecule has 3 aromatic rings. The molecule has 0 spiro atoms. The molecule has 0 amide bonds. The second-order valence-corrected chi connectivity index (χ2v) is 8.91. The number of nitrogens with two attached hydrogens (primary N) is 1. The molecule has 0 aliphatic rings. The van der Waals surface area contributed by atoms with Crippen molar-refractivity contribution in [1.29, 1.82) is 0 Å². The van der Waals surface area contributed by atoms with E-state index in [1.165, 1.54) is 18.2 Å². The van der Waals surface area contributed by atoms with Gasteiger partial charge in [-0.05, 0) is 56.1 Å². The minimum absolute atomic E-state index is 0.102. The Morgan fingerprint density at radius 2 is 1.66 bits per heavy atom. The van der Waals surface area contributed by atoms with Gasteiger partial charge in [-0.2, -0.15) is 13.2 Å². The lowest BCUT2D eigenvalue weighted by Gasteiger charge is -2.10. The van der Waals surface area contributed by atoms with Crippen LogP contribution in [0.15, 0.2) is 48.7 Å². The number of hydrogen-bond acceptors (Lipinski definition) is 4. The first kappa shape index (κ1) is 21.9. The van der Waals surface area contributed by atoms with Gasteiger partial charge in [-0.15, -0.1) is 0 Å². The highest BCUT2D eigenvalue weighted by atomic mass is 79.9. The summed E-state index contributed by atoms with van der Waals surface area (Å²) >= 11 is 6.39. The molecule has 5 nitrogen and oxygen atoms in total. The van der Waals surface area contributed by atoms with Gasteiger partial charge in [0.25, 0.3) is 0 Å². The van der Waals surface area contributed by atoms with E-state index in [1.807, 2.05) is 0 Å². The lowest BCUT2D eigenvalue weighted by Crippen LogP contribution is -2.15. The summed E-state index contributed by atoms with van der Waals surface area (Å²) in [5.41, 5.74) is -2.10. The minimum Gasteiger partial charge on any atom is -0.350 e. The molecule has 2 aromatic carbocycles. The molecule has 0 radical (unpaired) electrons. The molecule has 0 aliphatic carbocycles. The number of aromatic nitrogens is 1. The second kappa shape index (κ2) is 7.45. The average Bonchev–Trinajstić information content (AvgIpc) is 3.03. The fourth-order valence-electron chi connectivity index (χ4n) is 2.51. The van der Waals surface area contributed by atoms with Crippen LogP contribution in [-0.2, 0) is 16.2 Å². The van der Waals surface area contributed by atoms with E-state index in [4.69, 9.17) is 5.14 Å². The number of halogens is 7. The molecule has 0 atom stereocenters. The molecule has 0 unspecified atom stereocenters. The number of sulfonamides is 1. The molecule has 0 aliphatic heterocycles. The van der Waals surface area contributed by atoms with Crippen LogP contribution in [0, 0.1) is 11.6 Å². The van der Waals surface area contributed by atoms with E-state index in [0.717, 1.165) is 0 Å². The monoisotopic (exact) mass is 560 g/mol. The predicted molar refractivity (Wildman–Crippen MR) is 99.1 cm³/mol. The Bertz CT molecular complexity index is 1230. The zero-order valence-electron chi connectivity index (χ0n) is 13.7. The zero-order chi connectivity index (χ0) is 21.7. The van der Waals surface area contributed by atoms with E-state index in [-0.39, 0.29) is 11.6 Å². The largest absolute Gasteiger partial charge is 0.453 e. The quantitative estimate of drug-likeness (QED) is 0.429. The van der Waals surface area contributed by atoms with E-state index in [9.17, 15) is 30.4 Å². The maximum atomic E-state index is 14.6. The Balaban J connectivity index is 2.35. The third-order valence-corrected chi connectivity index (χ3v) is 6.55. The Kier molecular flexibility index (Phi) is 5.62. The average molecular weight is 562 g/mol. The molecule has 154 valence electrons. The van der Waals surface area contributed by atoms with E-state index >= 15 is 0 Å². The highest BCUT2D eigenvalue weighted by molar-refractivity contribution is 9.13. The summed E-state index contributed by atoms with van der Waals surface area (Å²) in [4.78, 5) is -1.20. The summed E-state index contributed by atoms with van der Waals surface area (Å²) < 4.78 is 97.2. The van der Waals surface area contributed by atoms with Crippen LogP contribution in [0.25, 0.3) is 22.4 Å². The van der Waals surface area contributed by atoms with Crippen LogP contribution in [0.5, 0.6) is 0 Å². The molecule has 3 rings (SSSR count). The molecule has 1 heterocycles. The summed E-state index contributed by atoms with van der Waals surface area (Å²) in [7, 11) is -4.64. The molecule has 29 heavy (non-hydrogen) atoms. The van der Waals surface area contributed by atoms with Gasteiger partial charge in [0, 0.05) is 20.1 Å². The summed E-state index contributed by atoms with van der Waals surface area (Å²) in [5.74, 6) is -4.66. The van der Waals surface area contributed by atoms with Gasteiger partial charge in [-0.3, -0.25) is 0 Å². The smallest absolute Gasteiger partial charge is 0.350 e. The van der Waals surface area contributed by atoms with E-state index < -0.39 is 55.3 Å². The Morgan fingerprint density at radius 3 is 2.21 bits per heavy atom. The van der Waals surface area contributed by atoms with Crippen LogP contribution < -0.4 is 5.14 Å². The first-order valence-electron chi connectivity index (χ1n) is 7.35. The Hall–Kier alpha value is -1.83. The maximum Gasteiger partial charge on any atom is 0.453 e. The third-order valence-electron chi connectivity index (χ3n) is 3.74. The molecule has 1 aromatic heterocycles. The number of hydrogen-bond donors (Lipinski definition) is 1. The highest BCUT2D eigenvalue weighted by Gasteiger charge is 2.42. The summed E-state index contributed by atoms with van der Waals surface area (Å²) in [5, 5.41) is 8.17. The topological polar surface area (TPSA) is 86.2 Å². The van der Waals surface area contributed by atoms with Crippen LogP contribution in [0.2, 0.25) is 0 Å². The van der Waals surface area contributed by atoms with Crippen LogP contribution in [0.4, 0.5) is 22.0 Å². The first-order chi connectivity index (χ1) is 13.3. The number of benzene rings is 2. The van der Waals surface area contributed by atoms with Gasteiger partial charge >= 0.3 is 6.18 Å². The normalized spacial score (nSPS) is 12.4. The molecule has 0 fully saturated rings. The van der Waals surface area contributed by atoms with Crippen LogP contribution in [-0.4, -0.2) is 13.6 Å². The molecule has 0 bridgehead atoms. The van der Waals surface area contributed by atoms with Gasteiger partial charge in [-0.1, -0.05) is 11.2 Å². The fraction of sp³-hybridized carbons (Fsp3) is 0.0625. The highest BCUT2D eigenvalue weighted by Crippen LogP contribution is 2.44. The van der Waals surface area contributed by atoms with E-state index in [0.29, 0.717) is 15.0 Å². The number of nitrogens with zero attached hydrogens (tertiary/aromatic N) is 1. The SMILES string of the molecule is NS(=O)(=O)c1cc(F)c(-c2c(-c3ccc(Br)c(Br)c3)noc2C(F)(F)F)cc1F. The van der Waals surface area contributed by atoms with Crippen molar-refractivity contribution < 1.29 is 34.9 Å². The number of rotatable bonds is 3. The van der Waals surface area contributed by atoms with Gasteiger partial charge in [0.05, 0.1) is 5.56 Å². The number of alkyl halides is 3. The molecule has 13 heteroatoms. The van der Waals surface area contributed by atoms with Crippen LogP contribution in [0.3, 0.4) is 0 Å². The van der Waals surface area contributed by atoms with Crippen molar-refractivity contribution in [3.05, 3.63) is 56.7 Å². The van der Waals surface area contributed by atoms with Crippen molar-refractivity contribution in [2.24, 2.45) is 5.14 Å². The van der Waals surface area contributed by atoms with Crippen molar-refractivity contribution in [3.8, 4) is 22.4 Å². The van der Waals surface area contributed by atoms with E-state index in [1.54, 1.807) is 0 Å². The zero-order valence-corrected chi connectivity index (χ0v) is 17.7. The minimum atomic E-state index is -5.09. The van der Waals surface area contributed by atoms with Crippen molar-refractivity contribution in [3.63, 3.8) is 0 Å². The molecular weight excluding hydrogens is 555 g/mol. The first-order valence-corrected chi connectivity index (χ1v) is 10.5. The summed E-state index contributed by atoms with van der Waals surface area (Å²) in [6, 6.07) is 4.76. The van der Waals surface area contributed by atoms with Crippen molar-refractivity contribution in [1.82, 2.24) is 5.16 Å². The predicted octanol–water partition coefficient (Wildman–Crippen LogP) is 5.48. The van der Waals surface area contributed by atoms with E-state index in [2.05, 4.69) is 41.5 Å².